The summed E-state index contributed by atoms with van der Waals surface area (Å²) >= 11 is 0. The van der Waals surface area contributed by atoms with E-state index in [4.69, 9.17) is 19.7 Å². The largest absolute Gasteiger partial charge is 0.485 e. The van der Waals surface area contributed by atoms with Crippen molar-refractivity contribution in [2.75, 3.05) is 0 Å². The second kappa shape index (κ2) is 14.8. The Labute approximate surface area is 359 Å². The molecule has 2 unspecified atom stereocenters. The number of hydrogen-bond donors (Lipinski definition) is 0. The van der Waals surface area contributed by atoms with Crippen LogP contribution in [0.1, 0.15) is 11.5 Å². The molecule has 8 aromatic carbocycles. The number of ether oxygens (including phenoxy) is 1. The van der Waals surface area contributed by atoms with E-state index >= 15 is 0 Å². The minimum atomic E-state index is -0.0416. The minimum absolute atomic E-state index is 0.0416. The van der Waals surface area contributed by atoms with E-state index in [-0.39, 0.29) is 12.0 Å². The average Bonchev–Trinajstić information content (AvgIpc) is 3.90. The van der Waals surface area contributed by atoms with Crippen LogP contribution in [-0.2, 0) is 0 Å². The zero-order chi connectivity index (χ0) is 41.0. The van der Waals surface area contributed by atoms with E-state index in [2.05, 4.69) is 181 Å². The van der Waals surface area contributed by atoms with Gasteiger partial charge in [-0.15, -0.1) is 0 Å². The van der Waals surface area contributed by atoms with Crippen LogP contribution in [0.3, 0.4) is 0 Å². The van der Waals surface area contributed by atoms with Crippen molar-refractivity contribution in [3.63, 3.8) is 0 Å². The zero-order valence-corrected chi connectivity index (χ0v) is 33.6. The number of nitrogens with zero attached hydrogens (tertiary/aromatic N) is 4. The Kier molecular flexibility index (Phi) is 8.56. The molecule has 1 aliphatic heterocycles. The second-order valence-corrected chi connectivity index (χ2v) is 15.9. The lowest BCUT2D eigenvalue weighted by atomic mass is 9.88. The van der Waals surface area contributed by atoms with Crippen molar-refractivity contribution in [2.24, 2.45) is 0 Å². The molecule has 2 atom stereocenters. The van der Waals surface area contributed by atoms with Gasteiger partial charge in [-0.05, 0) is 81.9 Å². The van der Waals surface area contributed by atoms with E-state index in [1.54, 1.807) is 0 Å². The van der Waals surface area contributed by atoms with Crippen molar-refractivity contribution in [1.29, 1.82) is 0 Å². The summed E-state index contributed by atoms with van der Waals surface area (Å²) in [6.07, 6.45) is 8.43. The van der Waals surface area contributed by atoms with Crippen LogP contribution in [0.4, 0.5) is 0 Å². The Bertz CT molecular complexity index is 3400. The van der Waals surface area contributed by atoms with Gasteiger partial charge in [0.15, 0.2) is 17.5 Å². The van der Waals surface area contributed by atoms with Gasteiger partial charge in [0.25, 0.3) is 0 Å². The standard InChI is InChI=1S/C57H38N4O/c1-3-15-37(16-4-1)39-19-11-20-40(33-39)43-31-32-47-46-25-7-9-28-50(46)61(51(47)36-43)45-24-13-22-42(35-45)41-21-12-23-44(34-41)56-58-55(38-17-5-2-6-18-38)59-57(60-56)49-27-14-30-53-54(49)48-26-8-10-29-52(48)62-53/h1-36,48,52H. The zero-order valence-electron chi connectivity index (χ0n) is 33.6. The minimum Gasteiger partial charge on any atom is -0.485 e. The van der Waals surface area contributed by atoms with Crippen molar-refractivity contribution in [3.05, 3.63) is 224 Å². The summed E-state index contributed by atoms with van der Waals surface area (Å²) in [6, 6.07) is 68.6. The molecule has 62 heavy (non-hydrogen) atoms. The van der Waals surface area contributed by atoms with Crippen LogP contribution in [0.2, 0.25) is 0 Å². The van der Waals surface area contributed by atoms with Gasteiger partial charge in [-0.2, -0.15) is 0 Å². The van der Waals surface area contributed by atoms with Crippen molar-refractivity contribution in [2.45, 2.75) is 12.0 Å². The molecule has 0 saturated carbocycles. The van der Waals surface area contributed by atoms with Crippen LogP contribution < -0.4 is 4.74 Å². The van der Waals surface area contributed by atoms with Crippen molar-refractivity contribution in [3.8, 4) is 79.0 Å². The third kappa shape index (κ3) is 6.22. The molecular formula is C57H38N4O. The third-order valence-corrected chi connectivity index (χ3v) is 12.2. The van der Waals surface area contributed by atoms with Gasteiger partial charge >= 0.3 is 0 Å². The summed E-state index contributed by atoms with van der Waals surface area (Å²) in [5, 5.41) is 2.44. The van der Waals surface area contributed by atoms with Gasteiger partial charge in [-0.25, -0.2) is 15.0 Å². The summed E-state index contributed by atoms with van der Waals surface area (Å²) in [6.45, 7) is 0. The molecule has 0 amide bonds. The fourth-order valence-electron chi connectivity index (χ4n) is 9.23. The highest BCUT2D eigenvalue weighted by atomic mass is 16.5. The molecule has 0 fully saturated rings. The monoisotopic (exact) mass is 794 g/mol. The fourth-order valence-corrected chi connectivity index (χ4v) is 9.23. The lowest BCUT2D eigenvalue weighted by Crippen LogP contribution is -2.16. The maximum absolute atomic E-state index is 6.39. The highest BCUT2D eigenvalue weighted by molar-refractivity contribution is 6.10. The van der Waals surface area contributed by atoms with E-state index in [1.807, 2.05) is 42.5 Å². The predicted octanol–water partition coefficient (Wildman–Crippen LogP) is 13.9. The van der Waals surface area contributed by atoms with Gasteiger partial charge in [-0.1, -0.05) is 170 Å². The molecule has 10 aromatic rings. The Hall–Kier alpha value is -8.15. The lowest BCUT2D eigenvalue weighted by Gasteiger charge is -2.16. The van der Waals surface area contributed by atoms with E-state index in [9.17, 15) is 0 Å². The van der Waals surface area contributed by atoms with Gasteiger partial charge < -0.3 is 9.30 Å². The maximum Gasteiger partial charge on any atom is 0.164 e. The number of aromatic nitrogens is 4. The summed E-state index contributed by atoms with van der Waals surface area (Å²) in [5.41, 5.74) is 14.3. The molecule has 5 nitrogen and oxygen atoms in total. The Morgan fingerprint density at radius 3 is 1.76 bits per heavy atom. The second-order valence-electron chi connectivity index (χ2n) is 15.9. The average molecular weight is 795 g/mol. The smallest absolute Gasteiger partial charge is 0.164 e. The topological polar surface area (TPSA) is 52.8 Å². The highest BCUT2D eigenvalue weighted by Gasteiger charge is 2.35. The maximum atomic E-state index is 6.39. The molecule has 292 valence electrons. The SMILES string of the molecule is C1=CC2Oc3cccc(-c4nc(-c5ccccc5)nc(-c5cccc(-c6cccc(-n7c8ccccc8c8ccc(-c9cccc(-c%10ccccc%10)c9)cc87)c6)c5)n4)c3C2C=C1. The summed E-state index contributed by atoms with van der Waals surface area (Å²) < 4.78 is 8.79. The van der Waals surface area contributed by atoms with E-state index in [0.717, 1.165) is 50.3 Å². The first-order chi connectivity index (χ1) is 30.7. The summed E-state index contributed by atoms with van der Waals surface area (Å²) in [5.74, 6) is 2.83. The number of hydrogen-bond acceptors (Lipinski definition) is 4. The molecule has 1 aliphatic carbocycles. The molecule has 0 N–H and O–H groups in total. The molecule has 12 rings (SSSR count). The first-order valence-corrected chi connectivity index (χ1v) is 21.1. The van der Waals surface area contributed by atoms with Gasteiger partial charge in [-0.3, -0.25) is 0 Å². The van der Waals surface area contributed by atoms with E-state index < -0.39 is 0 Å². The Morgan fingerprint density at radius 2 is 0.952 bits per heavy atom. The van der Waals surface area contributed by atoms with Gasteiger partial charge in [0, 0.05) is 44.6 Å². The molecule has 0 spiro atoms. The third-order valence-electron chi connectivity index (χ3n) is 12.2. The molecule has 5 heteroatoms. The van der Waals surface area contributed by atoms with Crippen LogP contribution in [0.15, 0.2) is 218 Å². The van der Waals surface area contributed by atoms with Crippen molar-refractivity contribution >= 4 is 21.8 Å². The lowest BCUT2D eigenvalue weighted by molar-refractivity contribution is 0.269. The summed E-state index contributed by atoms with van der Waals surface area (Å²) in [7, 11) is 0. The Morgan fingerprint density at radius 1 is 0.387 bits per heavy atom. The van der Waals surface area contributed by atoms with E-state index in [0.29, 0.717) is 17.5 Å². The van der Waals surface area contributed by atoms with E-state index in [1.165, 1.54) is 38.5 Å². The van der Waals surface area contributed by atoms with Gasteiger partial charge in [0.2, 0.25) is 0 Å². The molecule has 0 bridgehead atoms. The van der Waals surface area contributed by atoms with Crippen LogP contribution in [0.25, 0.3) is 95.0 Å². The van der Waals surface area contributed by atoms with Crippen molar-refractivity contribution in [1.82, 2.24) is 19.5 Å². The quantitative estimate of drug-likeness (QED) is 0.161. The number of rotatable bonds is 7. The number of benzene rings is 8. The van der Waals surface area contributed by atoms with Crippen LogP contribution in [-0.4, -0.2) is 25.6 Å². The molecule has 2 aliphatic rings. The number of fused-ring (bicyclic) bond motifs is 6. The number of allylic oxidation sites excluding steroid dienone is 2. The normalized spacial score (nSPS) is 15.1. The van der Waals surface area contributed by atoms with Crippen LogP contribution in [0, 0.1) is 0 Å². The fraction of sp³-hybridized carbons (Fsp3) is 0.0351. The van der Waals surface area contributed by atoms with Crippen LogP contribution in [0.5, 0.6) is 5.75 Å². The summed E-state index contributed by atoms with van der Waals surface area (Å²) in [4.78, 5) is 15.4. The van der Waals surface area contributed by atoms with Crippen LogP contribution >= 0.6 is 0 Å². The molecule has 3 heterocycles. The molecule has 2 aromatic heterocycles. The van der Waals surface area contributed by atoms with Gasteiger partial charge in [0.1, 0.15) is 11.9 Å². The number of para-hydroxylation sites is 1. The first kappa shape index (κ1) is 35.8. The van der Waals surface area contributed by atoms with Crippen molar-refractivity contribution < 1.29 is 4.74 Å². The molecular weight excluding hydrogens is 757 g/mol. The first-order valence-electron chi connectivity index (χ1n) is 21.1. The Balaban J connectivity index is 0.959. The molecule has 0 radical (unpaired) electrons. The predicted molar refractivity (Wildman–Crippen MR) is 252 cm³/mol. The highest BCUT2D eigenvalue weighted by Crippen LogP contribution is 2.46. The van der Waals surface area contributed by atoms with Gasteiger partial charge in [0.05, 0.1) is 11.0 Å². The molecule has 0 saturated heterocycles.